The second-order valence-electron chi connectivity index (χ2n) is 4.87. The molecule has 2 amide bonds. The van der Waals surface area contributed by atoms with Crippen molar-refractivity contribution in [2.45, 2.75) is 27.3 Å². The molecule has 0 spiro atoms. The van der Waals surface area contributed by atoms with E-state index in [0.717, 1.165) is 11.3 Å². The molecule has 1 aromatic heterocycles. The van der Waals surface area contributed by atoms with Crippen LogP contribution in [0.2, 0.25) is 0 Å². The van der Waals surface area contributed by atoms with Gasteiger partial charge in [0.15, 0.2) is 0 Å². The molecule has 8 nitrogen and oxygen atoms in total. The zero-order valence-corrected chi connectivity index (χ0v) is 12.5. The molecule has 0 bridgehead atoms. The third kappa shape index (κ3) is 3.40. The molecule has 0 aliphatic heterocycles. The standard InChI is InChI=1S/C14H16N4O4/c1-8-6-11(18(20)21)4-5-13(8)16-14(19)15-7-12-9(2)17-22-10(12)3/h4-6H,7H2,1-3H3,(H2,15,16,19). The average molecular weight is 304 g/mol. The molecule has 2 aromatic rings. The summed E-state index contributed by atoms with van der Waals surface area (Å²) in [5.74, 6) is 0.657. The number of aryl methyl sites for hydroxylation is 3. The first-order valence-electron chi connectivity index (χ1n) is 6.60. The Kier molecular flexibility index (Phi) is 4.40. The Morgan fingerprint density at radius 3 is 2.64 bits per heavy atom. The Hall–Kier alpha value is -2.90. The summed E-state index contributed by atoms with van der Waals surface area (Å²) in [5.41, 5.74) is 2.67. The molecule has 1 heterocycles. The summed E-state index contributed by atoms with van der Waals surface area (Å²) in [6.07, 6.45) is 0. The number of aromatic nitrogens is 1. The summed E-state index contributed by atoms with van der Waals surface area (Å²) >= 11 is 0. The molecule has 116 valence electrons. The number of carbonyl (C=O) groups is 1. The predicted molar refractivity (Wildman–Crippen MR) is 79.7 cm³/mol. The van der Waals surface area contributed by atoms with Crippen molar-refractivity contribution in [1.82, 2.24) is 10.5 Å². The second kappa shape index (κ2) is 6.25. The van der Waals surface area contributed by atoms with Gasteiger partial charge in [-0.1, -0.05) is 5.16 Å². The van der Waals surface area contributed by atoms with Crippen molar-refractivity contribution in [1.29, 1.82) is 0 Å². The number of urea groups is 1. The van der Waals surface area contributed by atoms with E-state index in [2.05, 4.69) is 15.8 Å². The van der Waals surface area contributed by atoms with Crippen LogP contribution in [0.1, 0.15) is 22.6 Å². The number of carbonyl (C=O) groups excluding carboxylic acids is 1. The highest BCUT2D eigenvalue weighted by Crippen LogP contribution is 2.21. The fourth-order valence-electron chi connectivity index (χ4n) is 1.99. The molecule has 2 N–H and O–H groups in total. The zero-order chi connectivity index (χ0) is 16.3. The summed E-state index contributed by atoms with van der Waals surface area (Å²) in [6.45, 7) is 5.55. The summed E-state index contributed by atoms with van der Waals surface area (Å²) < 4.78 is 5.02. The maximum atomic E-state index is 11.9. The van der Waals surface area contributed by atoms with Crippen molar-refractivity contribution < 1.29 is 14.2 Å². The van der Waals surface area contributed by atoms with Crippen molar-refractivity contribution >= 4 is 17.4 Å². The highest BCUT2D eigenvalue weighted by molar-refractivity contribution is 5.90. The lowest BCUT2D eigenvalue weighted by atomic mass is 10.2. The molecular weight excluding hydrogens is 288 g/mol. The van der Waals surface area contributed by atoms with Crippen LogP contribution >= 0.6 is 0 Å². The molecule has 0 aliphatic rings. The lowest BCUT2D eigenvalue weighted by molar-refractivity contribution is -0.384. The molecule has 8 heteroatoms. The van der Waals surface area contributed by atoms with Crippen molar-refractivity contribution in [3.05, 3.63) is 50.9 Å². The largest absolute Gasteiger partial charge is 0.361 e. The van der Waals surface area contributed by atoms with Crippen LogP contribution in [0, 0.1) is 30.9 Å². The molecule has 22 heavy (non-hydrogen) atoms. The topological polar surface area (TPSA) is 110 Å². The third-order valence-electron chi connectivity index (χ3n) is 3.28. The van der Waals surface area contributed by atoms with Crippen LogP contribution in [0.4, 0.5) is 16.2 Å². The summed E-state index contributed by atoms with van der Waals surface area (Å²) in [6, 6.07) is 3.85. The van der Waals surface area contributed by atoms with Gasteiger partial charge in [0, 0.05) is 29.9 Å². The molecule has 0 unspecified atom stereocenters. The molecule has 0 saturated heterocycles. The Morgan fingerprint density at radius 1 is 1.36 bits per heavy atom. The van der Waals surface area contributed by atoms with E-state index < -0.39 is 11.0 Å². The fraction of sp³-hybridized carbons (Fsp3) is 0.286. The summed E-state index contributed by atoms with van der Waals surface area (Å²) in [7, 11) is 0. The van der Waals surface area contributed by atoms with Crippen molar-refractivity contribution in [3.63, 3.8) is 0 Å². The SMILES string of the molecule is Cc1cc([N+](=O)[O-])ccc1NC(=O)NCc1c(C)noc1C. The number of nitro groups is 1. The van der Waals surface area contributed by atoms with Crippen LogP contribution in [-0.2, 0) is 6.54 Å². The number of rotatable bonds is 4. The van der Waals surface area contributed by atoms with Crippen molar-refractivity contribution in [3.8, 4) is 0 Å². The van der Waals surface area contributed by atoms with E-state index in [1.54, 1.807) is 20.8 Å². The minimum atomic E-state index is -0.478. The van der Waals surface area contributed by atoms with Crippen LogP contribution in [0.25, 0.3) is 0 Å². The number of hydrogen-bond donors (Lipinski definition) is 2. The van der Waals surface area contributed by atoms with Crippen LogP contribution in [0.5, 0.6) is 0 Å². The number of non-ortho nitro benzene ring substituents is 1. The molecule has 0 atom stereocenters. The third-order valence-corrected chi connectivity index (χ3v) is 3.28. The number of hydrogen-bond acceptors (Lipinski definition) is 5. The molecule has 0 aliphatic carbocycles. The predicted octanol–water partition coefficient (Wildman–Crippen LogP) is 2.83. The normalized spacial score (nSPS) is 10.3. The molecule has 0 saturated carbocycles. The number of nitrogens with one attached hydrogen (secondary N) is 2. The molecular formula is C14H16N4O4. The first-order valence-corrected chi connectivity index (χ1v) is 6.60. The van der Waals surface area contributed by atoms with Gasteiger partial charge in [0.05, 0.1) is 10.6 Å². The molecule has 0 radical (unpaired) electrons. The number of amides is 2. The van der Waals surface area contributed by atoms with Gasteiger partial charge >= 0.3 is 6.03 Å². The molecule has 1 aromatic carbocycles. The lowest BCUT2D eigenvalue weighted by Gasteiger charge is -2.09. The van der Waals surface area contributed by atoms with Gasteiger partial charge in [-0.3, -0.25) is 10.1 Å². The zero-order valence-electron chi connectivity index (χ0n) is 12.5. The first-order chi connectivity index (χ1) is 10.4. The lowest BCUT2D eigenvalue weighted by Crippen LogP contribution is -2.28. The van der Waals surface area contributed by atoms with E-state index in [1.165, 1.54) is 18.2 Å². The van der Waals surface area contributed by atoms with E-state index in [1.807, 2.05) is 0 Å². The van der Waals surface area contributed by atoms with Crippen molar-refractivity contribution in [2.24, 2.45) is 0 Å². The smallest absolute Gasteiger partial charge is 0.319 e. The van der Waals surface area contributed by atoms with Gasteiger partial charge in [0.25, 0.3) is 5.69 Å². The van der Waals surface area contributed by atoms with Crippen LogP contribution < -0.4 is 10.6 Å². The number of nitrogens with zero attached hydrogens (tertiary/aromatic N) is 2. The van der Waals surface area contributed by atoms with E-state index in [0.29, 0.717) is 23.6 Å². The first kappa shape index (κ1) is 15.5. The number of benzene rings is 1. The highest BCUT2D eigenvalue weighted by atomic mass is 16.6. The summed E-state index contributed by atoms with van der Waals surface area (Å²) in [5, 5.41) is 19.8. The van der Waals surface area contributed by atoms with Crippen LogP contribution in [0.3, 0.4) is 0 Å². The van der Waals surface area contributed by atoms with E-state index in [9.17, 15) is 14.9 Å². The van der Waals surface area contributed by atoms with Gasteiger partial charge in [0.2, 0.25) is 0 Å². The maximum Gasteiger partial charge on any atom is 0.319 e. The van der Waals surface area contributed by atoms with Gasteiger partial charge in [0.1, 0.15) is 5.76 Å². The van der Waals surface area contributed by atoms with Gasteiger partial charge < -0.3 is 15.2 Å². The van der Waals surface area contributed by atoms with E-state index in [-0.39, 0.29) is 5.69 Å². The quantitative estimate of drug-likeness (QED) is 0.666. The highest BCUT2D eigenvalue weighted by Gasteiger charge is 2.12. The van der Waals surface area contributed by atoms with E-state index >= 15 is 0 Å². The van der Waals surface area contributed by atoms with Gasteiger partial charge in [-0.05, 0) is 32.4 Å². The Labute approximate surface area is 126 Å². The Bertz CT molecular complexity index is 704. The Morgan fingerprint density at radius 2 is 2.09 bits per heavy atom. The average Bonchev–Trinajstić information content (AvgIpc) is 2.78. The van der Waals surface area contributed by atoms with Crippen LogP contribution in [-0.4, -0.2) is 16.1 Å². The monoisotopic (exact) mass is 304 g/mol. The second-order valence-corrected chi connectivity index (χ2v) is 4.87. The number of anilines is 1. The van der Waals surface area contributed by atoms with Gasteiger partial charge in [-0.25, -0.2) is 4.79 Å². The minimum Gasteiger partial charge on any atom is -0.361 e. The van der Waals surface area contributed by atoms with Crippen molar-refractivity contribution in [2.75, 3.05) is 5.32 Å². The Balaban J connectivity index is 1.99. The molecule has 0 fully saturated rings. The van der Waals surface area contributed by atoms with Gasteiger partial charge in [-0.2, -0.15) is 0 Å². The number of nitro benzene ring substituents is 1. The van der Waals surface area contributed by atoms with Gasteiger partial charge in [-0.15, -0.1) is 0 Å². The summed E-state index contributed by atoms with van der Waals surface area (Å²) in [4.78, 5) is 22.1. The maximum absolute atomic E-state index is 11.9. The van der Waals surface area contributed by atoms with E-state index in [4.69, 9.17) is 4.52 Å². The fourth-order valence-corrected chi connectivity index (χ4v) is 1.99. The molecule has 2 rings (SSSR count). The minimum absolute atomic E-state index is 0.0146. The van der Waals surface area contributed by atoms with Crippen LogP contribution in [0.15, 0.2) is 22.7 Å².